The van der Waals surface area contributed by atoms with Crippen molar-refractivity contribution in [2.75, 3.05) is 26.3 Å². The highest BCUT2D eigenvalue weighted by Crippen LogP contribution is 2.28. The fourth-order valence-electron chi connectivity index (χ4n) is 4.57. The Kier molecular flexibility index (Phi) is 7.02. The molecule has 2 atom stereocenters. The van der Waals surface area contributed by atoms with Crippen LogP contribution in [-0.2, 0) is 9.53 Å². The van der Waals surface area contributed by atoms with Crippen molar-refractivity contribution in [2.24, 2.45) is 11.1 Å². The van der Waals surface area contributed by atoms with E-state index in [0.717, 1.165) is 25.1 Å². The molecule has 0 radical (unpaired) electrons. The molecule has 4 aromatic rings. The van der Waals surface area contributed by atoms with Crippen LogP contribution in [0.5, 0.6) is 5.75 Å². The van der Waals surface area contributed by atoms with Gasteiger partial charge in [0.2, 0.25) is 0 Å². The number of carbonyl (C=O) groups is 1. The van der Waals surface area contributed by atoms with Crippen LogP contribution in [0, 0.1) is 11.2 Å². The maximum Gasteiger partial charge on any atom is 0.311 e. The number of fused-ring (bicyclic) bond motifs is 2. The fraction of sp³-hybridized carbons (Fsp3) is 0.429. The number of halogens is 1. The van der Waals surface area contributed by atoms with E-state index in [-0.39, 0.29) is 37.0 Å². The molecular weight excluding hydrogens is 487 g/mol. The van der Waals surface area contributed by atoms with Gasteiger partial charge in [-0.2, -0.15) is 0 Å². The van der Waals surface area contributed by atoms with Gasteiger partial charge in [0.25, 0.3) is 0 Å². The zero-order valence-electron chi connectivity index (χ0n) is 22.1. The van der Waals surface area contributed by atoms with E-state index in [9.17, 15) is 9.18 Å². The van der Waals surface area contributed by atoms with E-state index < -0.39 is 11.2 Å². The fourth-order valence-corrected chi connectivity index (χ4v) is 4.57. The Morgan fingerprint density at radius 2 is 2.00 bits per heavy atom. The summed E-state index contributed by atoms with van der Waals surface area (Å²) >= 11 is 0. The highest BCUT2D eigenvalue weighted by molar-refractivity contribution is 5.82. The normalized spacial score (nSPS) is 17.3. The Morgan fingerprint density at radius 3 is 2.74 bits per heavy atom. The number of nitrogens with zero attached hydrogens (tertiary/aromatic N) is 5. The molecule has 5 rings (SSSR count). The van der Waals surface area contributed by atoms with Crippen molar-refractivity contribution in [2.45, 2.75) is 46.2 Å². The molecule has 0 saturated carbocycles. The first-order chi connectivity index (χ1) is 18.1. The number of hydrogen-bond acceptors (Lipinski definition) is 8. The van der Waals surface area contributed by atoms with Crippen molar-refractivity contribution in [1.82, 2.24) is 24.5 Å². The minimum absolute atomic E-state index is 0.0247. The van der Waals surface area contributed by atoms with Crippen LogP contribution in [0.15, 0.2) is 42.6 Å². The molecule has 0 amide bonds. The van der Waals surface area contributed by atoms with E-state index in [2.05, 4.69) is 28.1 Å². The predicted octanol–water partition coefficient (Wildman–Crippen LogP) is 4.15. The third-order valence-corrected chi connectivity index (χ3v) is 6.87. The van der Waals surface area contributed by atoms with Gasteiger partial charge in [-0.25, -0.2) is 9.37 Å². The average Bonchev–Trinajstić information content (AvgIpc) is 3.51. The van der Waals surface area contributed by atoms with Gasteiger partial charge in [0, 0.05) is 42.8 Å². The lowest BCUT2D eigenvalue weighted by Crippen LogP contribution is -2.28. The smallest absolute Gasteiger partial charge is 0.311 e. The summed E-state index contributed by atoms with van der Waals surface area (Å²) in [6.45, 7) is 9.39. The molecule has 1 aliphatic rings. The third kappa shape index (κ3) is 5.32. The molecule has 1 aromatic carbocycles. The lowest BCUT2D eigenvalue weighted by atomic mass is 9.97. The molecule has 9 nitrogen and oxygen atoms in total. The Bertz CT molecular complexity index is 1480. The number of carbonyl (C=O) groups excluding carboxylic acids is 1. The topological polar surface area (TPSA) is 108 Å². The quantitative estimate of drug-likeness (QED) is 0.286. The van der Waals surface area contributed by atoms with Gasteiger partial charge in [0.05, 0.1) is 10.9 Å². The highest BCUT2D eigenvalue weighted by atomic mass is 19.1. The summed E-state index contributed by atoms with van der Waals surface area (Å²) in [7, 11) is 0. The van der Waals surface area contributed by atoms with Gasteiger partial charge in [-0.1, -0.05) is 12.1 Å². The number of likely N-dealkylation sites (tertiary alicyclic amines) is 1. The number of rotatable bonds is 7. The van der Waals surface area contributed by atoms with E-state index in [4.69, 9.17) is 20.2 Å². The van der Waals surface area contributed by atoms with Crippen molar-refractivity contribution in [1.29, 1.82) is 0 Å². The largest absolute Gasteiger partial charge is 0.487 e. The highest BCUT2D eigenvalue weighted by Gasteiger charge is 2.25. The molecule has 3 aromatic heterocycles. The third-order valence-electron chi connectivity index (χ3n) is 6.87. The number of hydrogen-bond donors (Lipinski definition) is 1. The summed E-state index contributed by atoms with van der Waals surface area (Å²) in [4.78, 5) is 19.0. The lowest BCUT2D eigenvalue weighted by molar-refractivity contribution is -0.153. The van der Waals surface area contributed by atoms with Gasteiger partial charge in [-0.05, 0) is 57.9 Å². The monoisotopic (exact) mass is 520 g/mol. The van der Waals surface area contributed by atoms with Gasteiger partial charge in [-0.15, -0.1) is 10.2 Å². The van der Waals surface area contributed by atoms with Gasteiger partial charge in [-0.3, -0.25) is 14.1 Å². The molecule has 200 valence electrons. The van der Waals surface area contributed by atoms with Crippen molar-refractivity contribution >= 4 is 22.5 Å². The molecule has 2 N–H and O–H groups in total. The number of pyridine rings is 2. The lowest BCUT2D eigenvalue weighted by Gasteiger charge is -2.24. The van der Waals surface area contributed by atoms with Crippen LogP contribution < -0.4 is 10.5 Å². The van der Waals surface area contributed by atoms with E-state index >= 15 is 0 Å². The second kappa shape index (κ2) is 10.3. The molecule has 1 fully saturated rings. The molecule has 0 aliphatic carbocycles. The maximum atomic E-state index is 14.7. The first-order valence-electron chi connectivity index (χ1n) is 12.8. The Morgan fingerprint density at radius 1 is 1.18 bits per heavy atom. The van der Waals surface area contributed by atoms with Crippen LogP contribution in [-0.4, -0.2) is 62.8 Å². The molecule has 10 heteroatoms. The molecule has 1 saturated heterocycles. The van der Waals surface area contributed by atoms with Gasteiger partial charge >= 0.3 is 5.97 Å². The van der Waals surface area contributed by atoms with E-state index in [1.807, 2.05) is 16.7 Å². The summed E-state index contributed by atoms with van der Waals surface area (Å²) in [6, 6.07) is 11.0. The van der Waals surface area contributed by atoms with E-state index in [1.165, 1.54) is 6.07 Å². The van der Waals surface area contributed by atoms with Crippen molar-refractivity contribution in [3.63, 3.8) is 0 Å². The number of aromatic nitrogens is 4. The minimum atomic E-state index is -0.610. The zero-order valence-corrected chi connectivity index (χ0v) is 22.1. The van der Waals surface area contributed by atoms with Crippen molar-refractivity contribution in [3.05, 3.63) is 54.0 Å². The summed E-state index contributed by atoms with van der Waals surface area (Å²) in [6.07, 6.45) is 3.04. The van der Waals surface area contributed by atoms with Gasteiger partial charge in [0.1, 0.15) is 18.9 Å². The first-order valence-corrected chi connectivity index (χ1v) is 12.8. The average molecular weight is 521 g/mol. The molecule has 0 spiro atoms. The molecule has 0 unspecified atom stereocenters. The molecule has 4 heterocycles. The van der Waals surface area contributed by atoms with Gasteiger partial charge in [0.15, 0.2) is 23.0 Å². The maximum absolute atomic E-state index is 14.7. The summed E-state index contributed by atoms with van der Waals surface area (Å²) < 4.78 is 27.3. The number of esters is 1. The second-order valence-electron chi connectivity index (χ2n) is 10.8. The minimum Gasteiger partial charge on any atom is -0.487 e. The Hall–Kier alpha value is -3.63. The van der Waals surface area contributed by atoms with Crippen molar-refractivity contribution < 1.29 is 18.7 Å². The van der Waals surface area contributed by atoms with Crippen LogP contribution >= 0.6 is 0 Å². The van der Waals surface area contributed by atoms with Crippen LogP contribution in [0.3, 0.4) is 0 Å². The van der Waals surface area contributed by atoms with Gasteiger partial charge < -0.3 is 15.2 Å². The number of ether oxygens (including phenoxy) is 2. The standard InChI is InChI=1S/C28H33FN6O3/c1-17(34-10-9-20(30)16-34)19-6-8-25-32-33-26(35(25)15-19)22-7-5-18-13-21(29)24(14-23(18)31-22)37-11-12-38-27(36)28(2,3)4/h5-8,13-15,17,20H,9-12,16,30H2,1-4H3/t17-,20-/m0/s1. The molecule has 38 heavy (non-hydrogen) atoms. The molecule has 0 bridgehead atoms. The zero-order chi connectivity index (χ0) is 27.0. The van der Waals surface area contributed by atoms with Crippen LogP contribution in [0.1, 0.15) is 45.7 Å². The summed E-state index contributed by atoms with van der Waals surface area (Å²) in [5.74, 6) is -0.217. The SMILES string of the molecule is C[C@@H](c1ccc2nnc(-c3ccc4cc(F)c(OCCOC(=O)C(C)(C)C)cc4n3)n2c1)N1CC[C@H](N)C1. The van der Waals surface area contributed by atoms with E-state index in [1.54, 1.807) is 39.0 Å². The van der Waals surface area contributed by atoms with Crippen molar-refractivity contribution in [3.8, 4) is 17.3 Å². The Balaban J connectivity index is 1.38. The number of nitrogens with two attached hydrogens (primary N) is 1. The molecular formula is C28H33FN6O3. The second-order valence-corrected chi connectivity index (χ2v) is 10.8. The number of benzene rings is 1. The van der Waals surface area contributed by atoms with Crippen LogP contribution in [0.25, 0.3) is 28.1 Å². The molecule has 1 aliphatic heterocycles. The van der Waals surface area contributed by atoms with E-state index in [0.29, 0.717) is 28.1 Å². The van der Waals surface area contributed by atoms with Crippen LogP contribution in [0.2, 0.25) is 0 Å². The summed E-state index contributed by atoms with van der Waals surface area (Å²) in [5.41, 5.74) is 8.51. The van der Waals surface area contributed by atoms with Crippen LogP contribution in [0.4, 0.5) is 4.39 Å². The summed E-state index contributed by atoms with van der Waals surface area (Å²) in [5, 5.41) is 9.32. The Labute approximate surface area is 220 Å². The predicted molar refractivity (Wildman–Crippen MR) is 142 cm³/mol. The first kappa shape index (κ1) is 26.0.